The number of carbonyl (C=O) groups excluding carboxylic acids is 2. The fourth-order valence-electron chi connectivity index (χ4n) is 1.94. The first-order chi connectivity index (χ1) is 9.84. The van der Waals surface area contributed by atoms with E-state index in [0.29, 0.717) is 18.5 Å². The molecule has 1 aromatic carbocycles. The fraction of sp³-hybridized carbons (Fsp3) is 0.357. The molecule has 0 unspecified atom stereocenters. The number of hydrogen-bond acceptors (Lipinski definition) is 3. The molecule has 0 aromatic heterocycles. The Morgan fingerprint density at radius 3 is 2.52 bits per heavy atom. The van der Waals surface area contributed by atoms with E-state index in [0.717, 1.165) is 6.07 Å². The highest BCUT2D eigenvalue weighted by Gasteiger charge is 2.50. The van der Waals surface area contributed by atoms with Crippen LogP contribution < -0.4 is 10.6 Å². The molecule has 112 valence electrons. The van der Waals surface area contributed by atoms with E-state index in [2.05, 4.69) is 10.6 Å². The summed E-state index contributed by atoms with van der Waals surface area (Å²) in [6.45, 7) is 1.26. The maximum absolute atomic E-state index is 13.7. The lowest BCUT2D eigenvalue weighted by Gasteiger charge is -2.12. The van der Waals surface area contributed by atoms with Crippen molar-refractivity contribution in [2.45, 2.75) is 19.8 Å². The van der Waals surface area contributed by atoms with E-state index < -0.39 is 23.1 Å². The number of hydrogen-bond donors (Lipinski definition) is 3. The number of carboxylic acids is 1. The van der Waals surface area contributed by atoms with Crippen molar-refractivity contribution in [3.05, 3.63) is 29.6 Å². The number of halogens is 1. The van der Waals surface area contributed by atoms with Crippen molar-refractivity contribution < 1.29 is 23.9 Å². The molecule has 2 rings (SSSR count). The van der Waals surface area contributed by atoms with Crippen LogP contribution in [0.15, 0.2) is 18.2 Å². The summed E-state index contributed by atoms with van der Waals surface area (Å²) in [6, 6.07) is 3.63. The molecule has 1 fully saturated rings. The summed E-state index contributed by atoms with van der Waals surface area (Å²) in [4.78, 5) is 33.9. The lowest BCUT2D eigenvalue weighted by atomic mass is 10.1. The summed E-state index contributed by atoms with van der Waals surface area (Å²) in [5.74, 6) is -2.74. The number of aliphatic carboxylic acids is 1. The zero-order valence-corrected chi connectivity index (χ0v) is 11.4. The lowest BCUT2D eigenvalue weighted by Crippen LogP contribution is -2.34. The predicted octanol–water partition coefficient (Wildman–Crippen LogP) is 1.38. The molecule has 1 saturated carbocycles. The SMILES string of the molecule is CC(=O)Nc1ccc(F)c(C(=O)NCC2(C(=O)O)CC2)c1. The third-order valence-corrected chi connectivity index (χ3v) is 3.43. The summed E-state index contributed by atoms with van der Waals surface area (Å²) in [5, 5.41) is 13.9. The van der Waals surface area contributed by atoms with E-state index in [1.165, 1.54) is 19.1 Å². The number of amides is 2. The zero-order valence-electron chi connectivity index (χ0n) is 11.4. The van der Waals surface area contributed by atoms with Gasteiger partial charge in [0, 0.05) is 19.2 Å². The van der Waals surface area contributed by atoms with Crippen LogP contribution in [0.5, 0.6) is 0 Å². The second kappa shape index (κ2) is 5.51. The van der Waals surface area contributed by atoms with Gasteiger partial charge in [-0.1, -0.05) is 0 Å². The smallest absolute Gasteiger partial charge is 0.311 e. The molecule has 0 radical (unpaired) electrons. The van der Waals surface area contributed by atoms with E-state index in [4.69, 9.17) is 5.11 Å². The highest BCUT2D eigenvalue weighted by Crippen LogP contribution is 2.45. The molecule has 6 nitrogen and oxygen atoms in total. The van der Waals surface area contributed by atoms with Crippen LogP contribution in [0.2, 0.25) is 0 Å². The molecule has 0 heterocycles. The molecule has 1 aliphatic rings. The van der Waals surface area contributed by atoms with Crippen LogP contribution >= 0.6 is 0 Å². The Labute approximate surface area is 120 Å². The Morgan fingerprint density at radius 1 is 1.33 bits per heavy atom. The van der Waals surface area contributed by atoms with Gasteiger partial charge in [-0.25, -0.2) is 4.39 Å². The Balaban J connectivity index is 2.08. The average molecular weight is 294 g/mol. The molecule has 7 heteroatoms. The van der Waals surface area contributed by atoms with Gasteiger partial charge in [-0.2, -0.15) is 0 Å². The summed E-state index contributed by atoms with van der Waals surface area (Å²) in [6.07, 6.45) is 0.994. The topological polar surface area (TPSA) is 95.5 Å². The van der Waals surface area contributed by atoms with Gasteiger partial charge < -0.3 is 15.7 Å². The highest BCUT2D eigenvalue weighted by atomic mass is 19.1. The van der Waals surface area contributed by atoms with Crippen LogP contribution in [0.4, 0.5) is 10.1 Å². The molecule has 1 aliphatic carbocycles. The predicted molar refractivity (Wildman–Crippen MR) is 72.3 cm³/mol. The first-order valence-electron chi connectivity index (χ1n) is 6.43. The van der Waals surface area contributed by atoms with Crippen molar-refractivity contribution in [3.8, 4) is 0 Å². The van der Waals surface area contributed by atoms with Gasteiger partial charge in [-0.15, -0.1) is 0 Å². The second-order valence-electron chi connectivity index (χ2n) is 5.14. The van der Waals surface area contributed by atoms with E-state index in [1.807, 2.05) is 0 Å². The Hall–Kier alpha value is -2.44. The van der Waals surface area contributed by atoms with Crippen molar-refractivity contribution in [1.29, 1.82) is 0 Å². The number of benzene rings is 1. The molecule has 3 N–H and O–H groups in total. The van der Waals surface area contributed by atoms with Crippen molar-refractivity contribution in [2.24, 2.45) is 5.41 Å². The van der Waals surface area contributed by atoms with Gasteiger partial charge in [0.2, 0.25) is 5.91 Å². The molecule has 0 bridgehead atoms. The minimum absolute atomic E-state index is 0.0367. The molecule has 1 aromatic rings. The van der Waals surface area contributed by atoms with Crippen LogP contribution in [0.25, 0.3) is 0 Å². The summed E-state index contributed by atoms with van der Waals surface area (Å²) >= 11 is 0. The number of carbonyl (C=O) groups is 3. The number of nitrogens with one attached hydrogen (secondary N) is 2. The summed E-state index contributed by atoms with van der Waals surface area (Å²) < 4.78 is 13.7. The molecule has 0 aliphatic heterocycles. The molecule has 0 atom stereocenters. The van der Waals surface area contributed by atoms with E-state index in [1.54, 1.807) is 0 Å². The number of carboxylic acid groups (broad SMARTS) is 1. The van der Waals surface area contributed by atoms with Gasteiger partial charge in [0.05, 0.1) is 11.0 Å². The van der Waals surface area contributed by atoms with E-state index >= 15 is 0 Å². The highest BCUT2D eigenvalue weighted by molar-refractivity contribution is 5.97. The maximum Gasteiger partial charge on any atom is 0.311 e. The summed E-state index contributed by atoms with van der Waals surface area (Å²) in [7, 11) is 0. The van der Waals surface area contributed by atoms with Crippen LogP contribution in [0.1, 0.15) is 30.1 Å². The third-order valence-electron chi connectivity index (χ3n) is 3.43. The first-order valence-corrected chi connectivity index (χ1v) is 6.43. The van der Waals surface area contributed by atoms with E-state index in [-0.39, 0.29) is 18.0 Å². The third kappa shape index (κ3) is 3.36. The summed E-state index contributed by atoms with van der Waals surface area (Å²) in [5.41, 5.74) is -0.850. The Morgan fingerprint density at radius 2 is 2.00 bits per heavy atom. The van der Waals surface area contributed by atoms with Crippen LogP contribution in [0, 0.1) is 11.2 Å². The van der Waals surface area contributed by atoms with Gasteiger partial charge in [0.15, 0.2) is 0 Å². The van der Waals surface area contributed by atoms with Crippen molar-refractivity contribution in [1.82, 2.24) is 5.32 Å². The van der Waals surface area contributed by atoms with Crippen LogP contribution in [0.3, 0.4) is 0 Å². The Kier molecular flexibility index (Phi) is 3.93. The molecule has 2 amide bonds. The molecule has 0 spiro atoms. The number of rotatable bonds is 5. The van der Waals surface area contributed by atoms with Gasteiger partial charge in [-0.3, -0.25) is 14.4 Å². The second-order valence-corrected chi connectivity index (χ2v) is 5.14. The van der Waals surface area contributed by atoms with Gasteiger partial charge in [0.25, 0.3) is 5.91 Å². The quantitative estimate of drug-likeness (QED) is 0.764. The lowest BCUT2D eigenvalue weighted by molar-refractivity contribution is -0.143. The minimum atomic E-state index is -0.963. The van der Waals surface area contributed by atoms with Crippen LogP contribution in [-0.2, 0) is 9.59 Å². The van der Waals surface area contributed by atoms with Crippen molar-refractivity contribution in [3.63, 3.8) is 0 Å². The average Bonchev–Trinajstić information content (AvgIpc) is 3.19. The molecular formula is C14H15FN2O4. The first kappa shape index (κ1) is 15.0. The number of anilines is 1. The minimum Gasteiger partial charge on any atom is -0.481 e. The molecule has 21 heavy (non-hydrogen) atoms. The Bertz CT molecular complexity index is 611. The van der Waals surface area contributed by atoms with Crippen molar-refractivity contribution in [2.75, 3.05) is 11.9 Å². The fourth-order valence-corrected chi connectivity index (χ4v) is 1.94. The van der Waals surface area contributed by atoms with Crippen LogP contribution in [-0.4, -0.2) is 29.4 Å². The van der Waals surface area contributed by atoms with Gasteiger partial charge in [-0.05, 0) is 31.0 Å². The zero-order chi connectivity index (χ0) is 15.6. The maximum atomic E-state index is 13.7. The normalized spacial score (nSPS) is 15.1. The molecular weight excluding hydrogens is 279 g/mol. The van der Waals surface area contributed by atoms with Crippen molar-refractivity contribution >= 4 is 23.5 Å². The standard InChI is InChI=1S/C14H15FN2O4/c1-8(18)17-9-2-3-11(15)10(6-9)12(19)16-7-14(4-5-14)13(20)21/h2-3,6H,4-5,7H2,1H3,(H,16,19)(H,17,18)(H,20,21). The largest absolute Gasteiger partial charge is 0.481 e. The van der Waals surface area contributed by atoms with Gasteiger partial charge >= 0.3 is 5.97 Å². The van der Waals surface area contributed by atoms with E-state index in [9.17, 15) is 18.8 Å². The molecule has 0 saturated heterocycles. The monoisotopic (exact) mass is 294 g/mol. The van der Waals surface area contributed by atoms with Gasteiger partial charge in [0.1, 0.15) is 5.82 Å².